The van der Waals surface area contributed by atoms with Crippen molar-refractivity contribution in [1.82, 2.24) is 10.2 Å². The second-order valence-electron chi connectivity index (χ2n) is 4.23. The fraction of sp³-hybridized carbons (Fsp3) is 0.385. The number of carbonyl (C=O) groups is 2. The van der Waals surface area contributed by atoms with E-state index in [-0.39, 0.29) is 6.03 Å². The van der Waals surface area contributed by atoms with Crippen molar-refractivity contribution in [3.05, 3.63) is 35.9 Å². The lowest BCUT2D eigenvalue weighted by Gasteiger charge is -2.28. The zero-order valence-corrected chi connectivity index (χ0v) is 10.4. The van der Waals surface area contributed by atoms with Gasteiger partial charge >= 0.3 is 12.0 Å². The molecule has 0 saturated carbocycles. The number of rotatable bonds is 3. The summed E-state index contributed by atoms with van der Waals surface area (Å²) in [5, 5.41) is 11.8. The number of carboxylic acids is 1. The van der Waals surface area contributed by atoms with Gasteiger partial charge in [-0.25, -0.2) is 9.59 Å². The maximum atomic E-state index is 12.0. The molecule has 1 saturated heterocycles. The number of hydrogen-bond acceptors (Lipinski definition) is 3. The van der Waals surface area contributed by atoms with Gasteiger partial charge in [0.05, 0.1) is 13.2 Å². The minimum Gasteiger partial charge on any atom is -0.479 e. The van der Waals surface area contributed by atoms with E-state index in [1.165, 1.54) is 0 Å². The van der Waals surface area contributed by atoms with E-state index >= 15 is 0 Å². The van der Waals surface area contributed by atoms with Gasteiger partial charge in [-0.3, -0.25) is 0 Å². The standard InChI is InChI=1S/C13H16N2O4/c16-12(17)11(10-4-2-1-3-5-10)14-13(18)15-6-8-19-9-7-15/h1-5,11H,6-9H2,(H,14,18)(H,16,17)/t11-/m1/s1. The number of ether oxygens (including phenoxy) is 1. The molecule has 6 nitrogen and oxygen atoms in total. The van der Waals surface area contributed by atoms with E-state index < -0.39 is 12.0 Å². The highest BCUT2D eigenvalue weighted by Crippen LogP contribution is 2.13. The van der Waals surface area contributed by atoms with Gasteiger partial charge in [0.1, 0.15) is 0 Å². The number of amides is 2. The second kappa shape index (κ2) is 6.19. The molecular formula is C13H16N2O4. The van der Waals surface area contributed by atoms with Crippen molar-refractivity contribution in [3.63, 3.8) is 0 Å². The highest BCUT2D eigenvalue weighted by molar-refractivity contribution is 5.83. The van der Waals surface area contributed by atoms with E-state index in [0.29, 0.717) is 31.9 Å². The number of nitrogens with zero attached hydrogens (tertiary/aromatic N) is 1. The molecule has 0 aromatic heterocycles. The highest BCUT2D eigenvalue weighted by atomic mass is 16.5. The Morgan fingerprint density at radius 3 is 2.42 bits per heavy atom. The maximum Gasteiger partial charge on any atom is 0.330 e. The van der Waals surface area contributed by atoms with Crippen molar-refractivity contribution in [2.45, 2.75) is 6.04 Å². The lowest BCUT2D eigenvalue weighted by atomic mass is 10.1. The molecule has 0 aliphatic carbocycles. The highest BCUT2D eigenvalue weighted by Gasteiger charge is 2.25. The van der Waals surface area contributed by atoms with Gasteiger partial charge in [-0.15, -0.1) is 0 Å². The molecule has 1 aromatic carbocycles. The van der Waals surface area contributed by atoms with E-state index in [2.05, 4.69) is 5.32 Å². The minimum atomic E-state index is -1.08. The molecule has 1 aromatic rings. The molecule has 0 radical (unpaired) electrons. The molecule has 6 heteroatoms. The van der Waals surface area contributed by atoms with Crippen molar-refractivity contribution in [3.8, 4) is 0 Å². The van der Waals surface area contributed by atoms with Crippen LogP contribution in [0.1, 0.15) is 11.6 Å². The SMILES string of the molecule is O=C(O)[C@H](NC(=O)N1CCOCC1)c1ccccc1. The van der Waals surface area contributed by atoms with E-state index in [1.807, 2.05) is 0 Å². The van der Waals surface area contributed by atoms with Gasteiger partial charge in [0.25, 0.3) is 0 Å². The summed E-state index contributed by atoms with van der Waals surface area (Å²) in [6.07, 6.45) is 0. The Labute approximate surface area is 111 Å². The topological polar surface area (TPSA) is 78.9 Å². The molecule has 102 valence electrons. The average molecular weight is 264 g/mol. The number of aliphatic carboxylic acids is 1. The van der Waals surface area contributed by atoms with E-state index in [1.54, 1.807) is 35.2 Å². The predicted octanol–water partition coefficient (Wildman–Crippen LogP) is 0.854. The first-order valence-corrected chi connectivity index (χ1v) is 6.09. The summed E-state index contributed by atoms with van der Waals surface area (Å²) in [6.45, 7) is 1.92. The quantitative estimate of drug-likeness (QED) is 0.848. The molecule has 2 N–H and O–H groups in total. The van der Waals surface area contributed by atoms with Crippen molar-refractivity contribution in [2.24, 2.45) is 0 Å². The molecule has 1 aliphatic heterocycles. The average Bonchev–Trinajstić information content (AvgIpc) is 2.46. The van der Waals surface area contributed by atoms with Gasteiger partial charge in [0.15, 0.2) is 6.04 Å². The molecule has 0 bridgehead atoms. The maximum absolute atomic E-state index is 12.0. The first kappa shape index (κ1) is 13.4. The predicted molar refractivity (Wildman–Crippen MR) is 67.7 cm³/mol. The van der Waals surface area contributed by atoms with Crippen LogP contribution >= 0.6 is 0 Å². The van der Waals surface area contributed by atoms with Crippen LogP contribution in [-0.2, 0) is 9.53 Å². The fourth-order valence-corrected chi connectivity index (χ4v) is 1.91. The first-order valence-electron chi connectivity index (χ1n) is 6.09. The fourth-order valence-electron chi connectivity index (χ4n) is 1.91. The summed E-state index contributed by atoms with van der Waals surface area (Å²) in [6, 6.07) is 7.23. The van der Waals surface area contributed by atoms with Crippen molar-refractivity contribution in [1.29, 1.82) is 0 Å². The second-order valence-corrected chi connectivity index (χ2v) is 4.23. The Hall–Kier alpha value is -2.08. The largest absolute Gasteiger partial charge is 0.479 e. The number of benzene rings is 1. The summed E-state index contributed by atoms with van der Waals surface area (Å²) in [5.74, 6) is -1.08. The van der Waals surface area contributed by atoms with Gasteiger partial charge in [-0.2, -0.15) is 0 Å². The van der Waals surface area contributed by atoms with Crippen molar-refractivity contribution in [2.75, 3.05) is 26.3 Å². The van der Waals surface area contributed by atoms with Crippen LogP contribution in [0.3, 0.4) is 0 Å². The van der Waals surface area contributed by atoms with Gasteiger partial charge in [0.2, 0.25) is 0 Å². The van der Waals surface area contributed by atoms with E-state index in [0.717, 1.165) is 0 Å². The summed E-state index contributed by atoms with van der Waals surface area (Å²) >= 11 is 0. The van der Waals surface area contributed by atoms with Crippen LogP contribution in [0.15, 0.2) is 30.3 Å². The smallest absolute Gasteiger partial charge is 0.330 e. The van der Waals surface area contributed by atoms with Crippen LogP contribution < -0.4 is 5.32 Å². The van der Waals surface area contributed by atoms with Crippen LogP contribution in [0.5, 0.6) is 0 Å². The van der Waals surface area contributed by atoms with Gasteiger partial charge in [-0.1, -0.05) is 30.3 Å². The zero-order valence-electron chi connectivity index (χ0n) is 10.4. The number of morpholine rings is 1. The molecule has 0 unspecified atom stereocenters. The van der Waals surface area contributed by atoms with Crippen LogP contribution in [0.4, 0.5) is 4.79 Å². The van der Waals surface area contributed by atoms with Crippen molar-refractivity contribution >= 4 is 12.0 Å². The Balaban J connectivity index is 2.04. The summed E-state index contributed by atoms with van der Waals surface area (Å²) < 4.78 is 5.15. The number of carboxylic acid groups (broad SMARTS) is 1. The lowest BCUT2D eigenvalue weighted by Crippen LogP contribution is -2.48. The molecule has 19 heavy (non-hydrogen) atoms. The number of urea groups is 1. The zero-order chi connectivity index (χ0) is 13.7. The number of nitrogens with one attached hydrogen (secondary N) is 1. The molecular weight excluding hydrogens is 248 g/mol. The lowest BCUT2D eigenvalue weighted by molar-refractivity contribution is -0.139. The van der Waals surface area contributed by atoms with E-state index in [4.69, 9.17) is 4.74 Å². The summed E-state index contributed by atoms with van der Waals surface area (Å²) in [4.78, 5) is 24.8. The third kappa shape index (κ3) is 3.45. The third-order valence-corrected chi connectivity index (χ3v) is 2.95. The molecule has 1 atom stereocenters. The van der Waals surface area contributed by atoms with Gasteiger partial charge in [-0.05, 0) is 5.56 Å². The van der Waals surface area contributed by atoms with Gasteiger partial charge < -0.3 is 20.1 Å². The molecule has 1 fully saturated rings. The van der Waals surface area contributed by atoms with Crippen LogP contribution in [-0.4, -0.2) is 48.3 Å². The summed E-state index contributed by atoms with van der Waals surface area (Å²) in [7, 11) is 0. The molecule has 2 amide bonds. The number of carbonyl (C=O) groups excluding carboxylic acids is 1. The van der Waals surface area contributed by atoms with E-state index in [9.17, 15) is 14.7 Å². The Morgan fingerprint density at radius 2 is 1.84 bits per heavy atom. The monoisotopic (exact) mass is 264 g/mol. The Morgan fingerprint density at radius 1 is 1.21 bits per heavy atom. The van der Waals surface area contributed by atoms with Crippen LogP contribution in [0.2, 0.25) is 0 Å². The molecule has 2 rings (SSSR count). The van der Waals surface area contributed by atoms with Crippen molar-refractivity contribution < 1.29 is 19.4 Å². The first-order chi connectivity index (χ1) is 9.18. The number of hydrogen-bond donors (Lipinski definition) is 2. The molecule has 0 spiro atoms. The summed E-state index contributed by atoms with van der Waals surface area (Å²) in [5.41, 5.74) is 0.552. The van der Waals surface area contributed by atoms with Crippen LogP contribution in [0, 0.1) is 0 Å². The normalized spacial score (nSPS) is 16.7. The minimum absolute atomic E-state index is 0.375. The Bertz CT molecular complexity index is 443. The Kier molecular flexibility index (Phi) is 4.35. The molecule has 1 aliphatic rings. The third-order valence-electron chi connectivity index (χ3n) is 2.95. The molecule has 1 heterocycles. The van der Waals surface area contributed by atoms with Gasteiger partial charge in [0, 0.05) is 13.1 Å². The van der Waals surface area contributed by atoms with Crippen LogP contribution in [0.25, 0.3) is 0 Å².